The molecule has 3 nitrogen and oxygen atoms in total. The Hall–Kier alpha value is -0.147. The molecule has 0 aliphatic rings. The predicted octanol–water partition coefficient (Wildman–Crippen LogP) is 2.10. The molecule has 1 rings (SSSR count). The first-order chi connectivity index (χ1) is 5.84. The summed E-state index contributed by atoms with van der Waals surface area (Å²) >= 11 is 4.25. The van der Waals surface area contributed by atoms with E-state index in [0.29, 0.717) is 6.61 Å². The molecule has 0 saturated heterocycles. The van der Waals surface area contributed by atoms with Crippen molar-refractivity contribution in [3.05, 3.63) is 24.2 Å². The van der Waals surface area contributed by atoms with Crippen LogP contribution in [0.2, 0.25) is 0 Å². The molecule has 0 atom stereocenters. The first kappa shape index (κ1) is 11.9. The Morgan fingerprint density at radius 1 is 1.83 bits per heavy atom. The maximum absolute atomic E-state index is 10.8. The van der Waals surface area contributed by atoms with Crippen LogP contribution in [0, 0.1) is 6.26 Å². The van der Waals surface area contributed by atoms with E-state index in [0.717, 1.165) is 0 Å². The van der Waals surface area contributed by atoms with Crippen molar-refractivity contribution >= 4 is 19.6 Å². The van der Waals surface area contributed by atoms with Crippen molar-refractivity contribution in [1.29, 1.82) is 0 Å². The van der Waals surface area contributed by atoms with Crippen molar-refractivity contribution in [2.24, 2.45) is 0 Å². The number of ether oxygens (including phenoxy) is 1. The van der Waals surface area contributed by atoms with Gasteiger partial charge < -0.3 is 9.15 Å². The number of furan rings is 1. The molecule has 0 bridgehead atoms. The number of rotatable bonds is 2. The van der Waals surface area contributed by atoms with Gasteiger partial charge in [-0.1, -0.05) is 0 Å². The van der Waals surface area contributed by atoms with E-state index in [2.05, 4.69) is 29.0 Å². The zero-order valence-electron chi connectivity index (χ0n) is 6.67. The second-order valence-corrected chi connectivity index (χ2v) is 1.64. The second-order valence-electron chi connectivity index (χ2n) is 1.64. The van der Waals surface area contributed by atoms with Gasteiger partial charge in [-0.3, -0.25) is 4.79 Å². The Balaban J connectivity index is 0.000000561. The SMILES string of the molecule is CCOC(=O)c1cc[c-]o1.[Zn+][Br]. The number of halogens is 1. The molecule has 0 radical (unpaired) electrons. The molecule has 0 spiro atoms. The van der Waals surface area contributed by atoms with Crippen LogP contribution in [0.25, 0.3) is 0 Å². The number of carbonyl (C=O) groups is 1. The molecule has 62 valence electrons. The molecule has 0 unspecified atom stereocenters. The Bertz CT molecular complexity index is 210. The van der Waals surface area contributed by atoms with Crippen LogP contribution in [0.15, 0.2) is 16.5 Å². The van der Waals surface area contributed by atoms with Crippen LogP contribution in [0.1, 0.15) is 17.5 Å². The number of hydrogen-bond donors (Lipinski definition) is 0. The van der Waals surface area contributed by atoms with Crippen LogP contribution >= 0.6 is 13.6 Å². The van der Waals surface area contributed by atoms with E-state index < -0.39 is 5.97 Å². The normalized spacial score (nSPS) is 8.33. The second kappa shape index (κ2) is 7.50. The third-order valence-corrected chi connectivity index (χ3v) is 0.948. The minimum atomic E-state index is -0.441. The van der Waals surface area contributed by atoms with E-state index >= 15 is 0 Å². The minimum absolute atomic E-state index is 0.196. The summed E-state index contributed by atoms with van der Waals surface area (Å²) in [6.45, 7) is 2.10. The van der Waals surface area contributed by atoms with Crippen molar-refractivity contribution in [2.75, 3.05) is 6.61 Å². The molecule has 1 aromatic heterocycles. The average molecular weight is 284 g/mol. The maximum atomic E-state index is 10.8. The number of carbonyl (C=O) groups excluding carboxylic acids is 1. The molecule has 0 fully saturated rings. The summed E-state index contributed by atoms with van der Waals surface area (Å²) in [5.74, 6) is -0.245. The summed E-state index contributed by atoms with van der Waals surface area (Å²) < 4.78 is 9.28. The van der Waals surface area contributed by atoms with Crippen molar-refractivity contribution in [3.63, 3.8) is 0 Å². The summed E-state index contributed by atoms with van der Waals surface area (Å²) in [6.07, 6.45) is 2.39. The van der Waals surface area contributed by atoms with Gasteiger partial charge in [0.1, 0.15) is 0 Å². The molecule has 5 heteroatoms. The van der Waals surface area contributed by atoms with Gasteiger partial charge in [0.2, 0.25) is 0 Å². The molecule has 0 aliphatic carbocycles. The van der Waals surface area contributed by atoms with E-state index in [9.17, 15) is 4.79 Å². The predicted molar refractivity (Wildman–Crippen MR) is 42.4 cm³/mol. The van der Waals surface area contributed by atoms with Crippen molar-refractivity contribution in [3.8, 4) is 0 Å². The topological polar surface area (TPSA) is 39.4 Å². The van der Waals surface area contributed by atoms with Crippen molar-refractivity contribution in [1.82, 2.24) is 0 Å². The molecule has 0 aliphatic heterocycles. The van der Waals surface area contributed by atoms with E-state index in [1.807, 2.05) is 0 Å². The zero-order chi connectivity index (χ0) is 9.40. The summed E-state index contributed by atoms with van der Waals surface area (Å²) in [7, 11) is 0. The molecule has 1 heterocycles. The average Bonchev–Trinajstić information content (AvgIpc) is 2.60. The van der Waals surface area contributed by atoms with Crippen LogP contribution in [0.3, 0.4) is 0 Å². The summed E-state index contributed by atoms with van der Waals surface area (Å²) in [5, 5.41) is 0. The van der Waals surface area contributed by atoms with Gasteiger partial charge in [-0.25, -0.2) is 0 Å². The molecule has 1 aromatic rings. The van der Waals surface area contributed by atoms with Crippen LogP contribution in [0.5, 0.6) is 0 Å². The van der Waals surface area contributed by atoms with Gasteiger partial charge in [-0.15, -0.1) is 6.07 Å². The zero-order valence-corrected chi connectivity index (χ0v) is 11.2. The van der Waals surface area contributed by atoms with E-state index in [4.69, 9.17) is 0 Å². The van der Waals surface area contributed by atoms with Crippen LogP contribution in [0.4, 0.5) is 0 Å². The van der Waals surface area contributed by atoms with Gasteiger partial charge in [0.05, 0.1) is 12.4 Å². The van der Waals surface area contributed by atoms with Gasteiger partial charge >= 0.3 is 35.9 Å². The van der Waals surface area contributed by atoms with Crippen molar-refractivity contribution in [2.45, 2.75) is 6.92 Å². The van der Waals surface area contributed by atoms with Crippen molar-refractivity contribution < 1.29 is 30.3 Å². The van der Waals surface area contributed by atoms with E-state index in [-0.39, 0.29) is 5.76 Å². The summed E-state index contributed by atoms with van der Waals surface area (Å²) in [4.78, 5) is 10.8. The number of hydrogen-bond acceptors (Lipinski definition) is 3. The first-order valence-corrected chi connectivity index (χ1v) is 10.2. The van der Waals surface area contributed by atoms with Crippen LogP contribution < -0.4 is 0 Å². The van der Waals surface area contributed by atoms with Gasteiger partial charge in [0.15, 0.2) is 0 Å². The van der Waals surface area contributed by atoms with Gasteiger partial charge in [0.25, 0.3) is 0 Å². The first-order valence-electron chi connectivity index (χ1n) is 3.24. The Morgan fingerprint density at radius 3 is 2.92 bits per heavy atom. The Labute approximate surface area is 87.5 Å². The monoisotopic (exact) mass is 282 g/mol. The Morgan fingerprint density at radius 2 is 2.50 bits per heavy atom. The fraction of sp³-hybridized carbons (Fsp3) is 0.286. The Kier molecular flexibility index (Phi) is 7.41. The fourth-order valence-electron chi connectivity index (χ4n) is 0.553. The molecule has 0 N–H and O–H groups in total. The van der Waals surface area contributed by atoms with Gasteiger partial charge in [-0.2, -0.15) is 6.07 Å². The molecular formula is C7H7BrO3Zn. The molecule has 0 aromatic carbocycles. The van der Waals surface area contributed by atoms with E-state index in [1.54, 1.807) is 6.92 Å². The van der Waals surface area contributed by atoms with Gasteiger partial charge in [-0.05, 0) is 13.2 Å². The molecule has 0 saturated carbocycles. The summed E-state index contributed by atoms with van der Waals surface area (Å²) in [6, 6.07) is 3.03. The van der Waals surface area contributed by atoms with Crippen LogP contribution in [-0.4, -0.2) is 12.6 Å². The number of esters is 1. The third-order valence-electron chi connectivity index (χ3n) is 0.948. The standard InChI is InChI=1S/C7H7O3.BrH.Zn/c1-2-9-7(8)6-4-3-5-10-6;;/h3-4H,2H2,1H3;1H;/q-1;;+2/p-1. The third kappa shape index (κ3) is 4.02. The fourth-order valence-corrected chi connectivity index (χ4v) is 0.553. The quantitative estimate of drug-likeness (QED) is 0.474. The molecule has 0 amide bonds. The summed E-state index contributed by atoms with van der Waals surface area (Å²) in [5.41, 5.74) is 0. The molecule has 12 heavy (non-hydrogen) atoms. The van der Waals surface area contributed by atoms with Crippen LogP contribution in [-0.2, 0) is 21.1 Å². The van der Waals surface area contributed by atoms with Gasteiger partial charge in [0, 0.05) is 0 Å². The van der Waals surface area contributed by atoms with E-state index in [1.165, 1.54) is 28.5 Å². The molecular weight excluding hydrogens is 277 g/mol.